The van der Waals surface area contributed by atoms with E-state index >= 15 is 0 Å². The summed E-state index contributed by atoms with van der Waals surface area (Å²) in [5.74, 6) is 0.528. The van der Waals surface area contributed by atoms with Crippen LogP contribution in [0.2, 0.25) is 5.02 Å². The van der Waals surface area contributed by atoms with Crippen LogP contribution in [0.15, 0.2) is 54.6 Å². The second-order valence-electron chi connectivity index (χ2n) is 5.41. The predicted molar refractivity (Wildman–Crippen MR) is 97.1 cm³/mol. The van der Waals surface area contributed by atoms with E-state index in [9.17, 15) is 4.79 Å². The Hall–Kier alpha value is -2.59. The lowest BCUT2D eigenvalue weighted by atomic mass is 10.2. The molecule has 0 aliphatic rings. The SMILES string of the molecule is CCc1c(C(=O)Nc2ccccc2Cl)nc(C)n1-c1ccccc1. The maximum absolute atomic E-state index is 12.7. The second kappa shape index (κ2) is 6.89. The Bertz CT molecular complexity index is 872. The number of aromatic nitrogens is 2. The Labute approximate surface area is 146 Å². The van der Waals surface area contributed by atoms with Crippen molar-refractivity contribution in [3.8, 4) is 5.69 Å². The van der Waals surface area contributed by atoms with E-state index < -0.39 is 0 Å². The molecule has 3 rings (SSSR count). The second-order valence-corrected chi connectivity index (χ2v) is 5.82. The van der Waals surface area contributed by atoms with Crippen molar-refractivity contribution in [1.29, 1.82) is 0 Å². The lowest BCUT2D eigenvalue weighted by molar-refractivity contribution is 0.102. The highest BCUT2D eigenvalue weighted by atomic mass is 35.5. The first-order valence-corrected chi connectivity index (χ1v) is 8.19. The third-order valence-electron chi connectivity index (χ3n) is 3.83. The Morgan fingerprint density at radius 1 is 1.12 bits per heavy atom. The predicted octanol–water partition coefficient (Wildman–Crippen LogP) is 4.65. The molecule has 1 heterocycles. The summed E-state index contributed by atoms with van der Waals surface area (Å²) >= 11 is 6.12. The Morgan fingerprint density at radius 3 is 2.46 bits per heavy atom. The fraction of sp³-hybridized carbons (Fsp3) is 0.158. The number of rotatable bonds is 4. The molecule has 0 fully saturated rings. The number of nitrogens with one attached hydrogen (secondary N) is 1. The van der Waals surface area contributed by atoms with Gasteiger partial charge < -0.3 is 9.88 Å². The molecule has 0 radical (unpaired) electrons. The highest BCUT2D eigenvalue weighted by Crippen LogP contribution is 2.23. The highest BCUT2D eigenvalue weighted by Gasteiger charge is 2.21. The van der Waals surface area contributed by atoms with Crippen LogP contribution in [0.5, 0.6) is 0 Å². The van der Waals surface area contributed by atoms with Gasteiger partial charge in [0.25, 0.3) is 5.91 Å². The van der Waals surface area contributed by atoms with Gasteiger partial charge >= 0.3 is 0 Å². The molecule has 1 N–H and O–H groups in total. The molecular formula is C19H18ClN3O. The van der Waals surface area contributed by atoms with Gasteiger partial charge in [-0.25, -0.2) is 4.98 Å². The number of benzene rings is 2. The van der Waals surface area contributed by atoms with E-state index in [1.807, 2.05) is 60.9 Å². The van der Waals surface area contributed by atoms with Crippen molar-refractivity contribution in [2.24, 2.45) is 0 Å². The van der Waals surface area contributed by atoms with E-state index in [0.29, 0.717) is 22.8 Å². The smallest absolute Gasteiger partial charge is 0.276 e. The van der Waals surface area contributed by atoms with E-state index in [0.717, 1.165) is 17.2 Å². The minimum absolute atomic E-state index is 0.252. The van der Waals surface area contributed by atoms with Gasteiger partial charge in [-0.2, -0.15) is 0 Å². The first kappa shape index (κ1) is 16.3. The van der Waals surface area contributed by atoms with Crippen LogP contribution < -0.4 is 5.32 Å². The number of nitrogens with zero attached hydrogens (tertiary/aromatic N) is 2. The molecule has 1 aromatic heterocycles. The summed E-state index contributed by atoms with van der Waals surface area (Å²) < 4.78 is 2.02. The fourth-order valence-corrected chi connectivity index (χ4v) is 2.93. The van der Waals surface area contributed by atoms with E-state index in [4.69, 9.17) is 11.6 Å². The van der Waals surface area contributed by atoms with Crippen molar-refractivity contribution >= 4 is 23.2 Å². The maximum atomic E-state index is 12.7. The Balaban J connectivity index is 2.00. The monoisotopic (exact) mass is 339 g/mol. The average Bonchev–Trinajstić information content (AvgIpc) is 2.94. The zero-order valence-corrected chi connectivity index (χ0v) is 14.3. The quantitative estimate of drug-likeness (QED) is 0.752. The first-order valence-electron chi connectivity index (χ1n) is 7.81. The summed E-state index contributed by atoms with van der Waals surface area (Å²) in [5.41, 5.74) is 2.89. The number of imidazole rings is 1. The zero-order chi connectivity index (χ0) is 17.1. The molecule has 0 spiro atoms. The molecule has 24 heavy (non-hydrogen) atoms. The van der Waals surface area contributed by atoms with E-state index in [1.54, 1.807) is 12.1 Å². The molecule has 2 aromatic carbocycles. The van der Waals surface area contributed by atoms with Crippen molar-refractivity contribution in [3.05, 3.63) is 76.8 Å². The standard InChI is InChI=1S/C19H18ClN3O/c1-3-17-18(19(24)22-16-12-8-7-11-15(16)20)21-13(2)23(17)14-9-5-4-6-10-14/h4-12H,3H2,1-2H3,(H,22,24). The molecule has 0 unspecified atom stereocenters. The molecule has 5 heteroatoms. The highest BCUT2D eigenvalue weighted by molar-refractivity contribution is 6.33. The largest absolute Gasteiger partial charge is 0.319 e. The van der Waals surface area contributed by atoms with Crippen molar-refractivity contribution in [1.82, 2.24) is 9.55 Å². The molecule has 4 nitrogen and oxygen atoms in total. The van der Waals surface area contributed by atoms with Gasteiger partial charge in [0, 0.05) is 5.69 Å². The van der Waals surface area contributed by atoms with Crippen molar-refractivity contribution in [3.63, 3.8) is 0 Å². The van der Waals surface area contributed by atoms with Gasteiger partial charge in [0.05, 0.1) is 16.4 Å². The van der Waals surface area contributed by atoms with Crippen LogP contribution in [-0.4, -0.2) is 15.5 Å². The van der Waals surface area contributed by atoms with Gasteiger partial charge in [-0.05, 0) is 37.6 Å². The van der Waals surface area contributed by atoms with Crippen LogP contribution >= 0.6 is 11.6 Å². The van der Waals surface area contributed by atoms with E-state index in [-0.39, 0.29) is 5.91 Å². The summed E-state index contributed by atoms with van der Waals surface area (Å²) in [6.07, 6.45) is 0.695. The Kier molecular flexibility index (Phi) is 4.67. The number of anilines is 1. The van der Waals surface area contributed by atoms with Gasteiger partial charge in [-0.15, -0.1) is 0 Å². The third kappa shape index (κ3) is 3.05. The molecule has 3 aromatic rings. The summed E-state index contributed by atoms with van der Waals surface area (Å²) in [6, 6.07) is 17.1. The van der Waals surface area contributed by atoms with Crippen molar-refractivity contribution in [2.75, 3.05) is 5.32 Å². The van der Waals surface area contributed by atoms with Crippen LogP contribution in [0.4, 0.5) is 5.69 Å². The van der Waals surface area contributed by atoms with Crippen LogP contribution in [0.3, 0.4) is 0 Å². The van der Waals surface area contributed by atoms with Crippen molar-refractivity contribution in [2.45, 2.75) is 20.3 Å². The van der Waals surface area contributed by atoms with Gasteiger partial charge in [0.1, 0.15) is 11.5 Å². The molecule has 0 saturated heterocycles. The third-order valence-corrected chi connectivity index (χ3v) is 4.16. The topological polar surface area (TPSA) is 46.9 Å². The first-order chi connectivity index (χ1) is 11.6. The van der Waals surface area contributed by atoms with Crippen LogP contribution in [0, 0.1) is 6.92 Å². The summed E-state index contributed by atoms with van der Waals surface area (Å²) in [7, 11) is 0. The number of halogens is 1. The molecule has 0 saturated carbocycles. The van der Waals surface area contributed by atoms with Gasteiger partial charge in [0.2, 0.25) is 0 Å². The number of para-hydroxylation sites is 2. The van der Waals surface area contributed by atoms with Crippen LogP contribution in [0.25, 0.3) is 5.69 Å². The number of carbonyl (C=O) groups excluding carboxylic acids is 1. The number of amides is 1. The fourth-order valence-electron chi connectivity index (χ4n) is 2.75. The number of hydrogen-bond acceptors (Lipinski definition) is 2. The molecular weight excluding hydrogens is 322 g/mol. The molecule has 0 aliphatic carbocycles. The zero-order valence-electron chi connectivity index (χ0n) is 13.6. The molecule has 122 valence electrons. The van der Waals surface area contributed by atoms with E-state index in [2.05, 4.69) is 10.3 Å². The van der Waals surface area contributed by atoms with Gasteiger partial charge in [-0.1, -0.05) is 48.9 Å². The van der Waals surface area contributed by atoms with E-state index in [1.165, 1.54) is 0 Å². The van der Waals surface area contributed by atoms with Gasteiger partial charge in [-0.3, -0.25) is 4.79 Å². The average molecular weight is 340 g/mol. The lowest BCUT2D eigenvalue weighted by Crippen LogP contribution is -2.15. The van der Waals surface area contributed by atoms with Crippen LogP contribution in [0.1, 0.15) is 28.9 Å². The normalized spacial score (nSPS) is 10.6. The minimum Gasteiger partial charge on any atom is -0.319 e. The van der Waals surface area contributed by atoms with Crippen LogP contribution in [-0.2, 0) is 6.42 Å². The number of hydrogen-bond donors (Lipinski definition) is 1. The molecule has 1 amide bonds. The molecule has 0 bridgehead atoms. The Morgan fingerprint density at radius 2 is 1.79 bits per heavy atom. The molecule has 0 atom stereocenters. The van der Waals surface area contributed by atoms with Gasteiger partial charge in [0.15, 0.2) is 0 Å². The minimum atomic E-state index is -0.252. The lowest BCUT2D eigenvalue weighted by Gasteiger charge is -2.10. The number of aryl methyl sites for hydroxylation is 1. The summed E-state index contributed by atoms with van der Waals surface area (Å²) in [4.78, 5) is 17.2. The number of carbonyl (C=O) groups is 1. The molecule has 0 aliphatic heterocycles. The maximum Gasteiger partial charge on any atom is 0.276 e. The summed E-state index contributed by atoms with van der Waals surface area (Å²) in [5, 5.41) is 3.35. The summed E-state index contributed by atoms with van der Waals surface area (Å²) in [6.45, 7) is 3.92. The van der Waals surface area contributed by atoms with Crippen molar-refractivity contribution < 1.29 is 4.79 Å².